The molecule has 0 radical (unpaired) electrons. The predicted octanol–water partition coefficient (Wildman–Crippen LogP) is 2.19. The molecule has 0 heterocycles. The van der Waals surface area contributed by atoms with E-state index in [0.29, 0.717) is 0 Å². The Balaban J connectivity index is 3.26. The van der Waals surface area contributed by atoms with Gasteiger partial charge in [-0.15, -0.1) is 5.46 Å². The molecule has 0 fully saturated rings. The van der Waals surface area contributed by atoms with E-state index in [-0.39, 0.29) is 5.56 Å². The Morgan fingerprint density at radius 1 is 1.17 bits per heavy atom. The van der Waals surface area contributed by atoms with E-state index < -0.39 is 18.3 Å². The summed E-state index contributed by atoms with van der Waals surface area (Å²) in [6, 6.07) is 2.96. The summed E-state index contributed by atoms with van der Waals surface area (Å²) < 4.78 is 49.0. The fourth-order valence-electron chi connectivity index (χ4n) is 0.979. The molecule has 0 aliphatic carbocycles. The van der Waals surface area contributed by atoms with E-state index in [9.17, 15) is 17.3 Å². The maximum atomic E-state index is 12.6. The molecule has 1 rings (SSSR count). The molecule has 0 N–H and O–H groups in total. The van der Waals surface area contributed by atoms with Crippen molar-refractivity contribution >= 4 is 12.4 Å². The summed E-state index contributed by atoms with van der Waals surface area (Å²) in [4.78, 5) is 0. The standard InChI is InChI=1S/C7H6BF4/c1-5-6(8(10,11)12)3-2-4-7(5)9/h2-4H,1H3/q-1. The molecule has 12 heavy (non-hydrogen) atoms. The molecule has 0 amide bonds. The van der Waals surface area contributed by atoms with Crippen LogP contribution in [0.4, 0.5) is 17.3 Å². The topological polar surface area (TPSA) is 0 Å². The lowest BCUT2D eigenvalue weighted by Crippen LogP contribution is -2.36. The molecule has 0 atom stereocenters. The molecule has 0 saturated heterocycles. The Morgan fingerprint density at radius 3 is 2.17 bits per heavy atom. The van der Waals surface area contributed by atoms with Gasteiger partial charge in [-0.2, -0.15) is 0 Å². The lowest BCUT2D eigenvalue weighted by Gasteiger charge is -2.17. The predicted molar refractivity (Wildman–Crippen MR) is 39.8 cm³/mol. The van der Waals surface area contributed by atoms with E-state index in [4.69, 9.17) is 0 Å². The van der Waals surface area contributed by atoms with Gasteiger partial charge in [0.25, 0.3) is 0 Å². The fourth-order valence-corrected chi connectivity index (χ4v) is 0.979. The molecule has 1 aromatic rings. The number of hydrogen-bond donors (Lipinski definition) is 0. The molecular formula is C7H6BF4-. The van der Waals surface area contributed by atoms with Gasteiger partial charge in [0, 0.05) is 0 Å². The lowest BCUT2D eigenvalue weighted by atomic mass is 9.77. The average Bonchev–Trinajstić information content (AvgIpc) is 1.92. The molecule has 0 aliphatic heterocycles. The number of rotatable bonds is 1. The van der Waals surface area contributed by atoms with Crippen molar-refractivity contribution in [1.82, 2.24) is 0 Å². The van der Waals surface area contributed by atoms with Crippen LogP contribution in [0.5, 0.6) is 0 Å². The van der Waals surface area contributed by atoms with Crippen LogP contribution in [0.15, 0.2) is 18.2 Å². The molecule has 0 unspecified atom stereocenters. The molecule has 5 heteroatoms. The van der Waals surface area contributed by atoms with Crippen LogP contribution in [0, 0.1) is 12.7 Å². The van der Waals surface area contributed by atoms with Crippen LogP contribution in [-0.4, -0.2) is 6.98 Å². The molecule has 0 saturated carbocycles. The summed E-state index contributed by atoms with van der Waals surface area (Å²) >= 11 is 0. The summed E-state index contributed by atoms with van der Waals surface area (Å²) in [6.45, 7) is -3.96. The lowest BCUT2D eigenvalue weighted by molar-refractivity contribution is 0.499. The van der Waals surface area contributed by atoms with Crippen molar-refractivity contribution in [2.24, 2.45) is 0 Å². The first-order valence-corrected chi connectivity index (χ1v) is 3.38. The quantitative estimate of drug-likeness (QED) is 0.455. The van der Waals surface area contributed by atoms with E-state index >= 15 is 0 Å². The van der Waals surface area contributed by atoms with Crippen molar-refractivity contribution in [3.63, 3.8) is 0 Å². The van der Waals surface area contributed by atoms with Crippen molar-refractivity contribution in [1.29, 1.82) is 0 Å². The van der Waals surface area contributed by atoms with Gasteiger partial charge in [0.2, 0.25) is 0 Å². The molecule has 0 bridgehead atoms. The Kier molecular flexibility index (Phi) is 2.13. The molecule has 0 spiro atoms. The minimum Gasteiger partial charge on any atom is -0.445 e. The zero-order valence-electron chi connectivity index (χ0n) is 6.32. The first kappa shape index (κ1) is 9.10. The Morgan fingerprint density at radius 2 is 1.75 bits per heavy atom. The first-order valence-electron chi connectivity index (χ1n) is 3.38. The average molecular weight is 177 g/mol. The second kappa shape index (κ2) is 2.81. The zero-order valence-corrected chi connectivity index (χ0v) is 6.32. The summed E-state index contributed by atoms with van der Waals surface area (Å²) in [7, 11) is 0. The summed E-state index contributed by atoms with van der Waals surface area (Å²) in [5, 5.41) is 0. The molecule has 66 valence electrons. The van der Waals surface area contributed by atoms with E-state index in [2.05, 4.69) is 0 Å². The van der Waals surface area contributed by atoms with Crippen LogP contribution >= 0.6 is 0 Å². The van der Waals surface area contributed by atoms with Gasteiger partial charge in [0.05, 0.1) is 0 Å². The number of halogens is 4. The normalized spacial score (nSPS) is 11.8. The largest absolute Gasteiger partial charge is 0.509 e. The molecule has 1 aromatic carbocycles. The van der Waals surface area contributed by atoms with Gasteiger partial charge in [-0.25, -0.2) is 4.39 Å². The van der Waals surface area contributed by atoms with Crippen molar-refractivity contribution in [2.75, 3.05) is 0 Å². The number of hydrogen-bond acceptors (Lipinski definition) is 0. The van der Waals surface area contributed by atoms with Crippen LogP contribution in [0.2, 0.25) is 0 Å². The summed E-state index contributed by atoms with van der Waals surface area (Å²) in [5.41, 5.74) is -1.18. The van der Waals surface area contributed by atoms with Gasteiger partial charge < -0.3 is 12.9 Å². The molecule has 0 nitrogen and oxygen atoms in total. The third-order valence-electron chi connectivity index (χ3n) is 1.66. The van der Waals surface area contributed by atoms with Gasteiger partial charge in [-0.05, 0) is 18.6 Å². The van der Waals surface area contributed by atoms with Crippen molar-refractivity contribution < 1.29 is 17.3 Å². The maximum Gasteiger partial charge on any atom is 0.509 e. The van der Waals surface area contributed by atoms with Gasteiger partial charge >= 0.3 is 6.98 Å². The molecule has 0 aliphatic rings. The highest BCUT2D eigenvalue weighted by Gasteiger charge is 2.27. The second-order valence-electron chi connectivity index (χ2n) is 2.53. The van der Waals surface area contributed by atoms with E-state index in [1.165, 1.54) is 0 Å². The smallest absolute Gasteiger partial charge is 0.445 e. The monoisotopic (exact) mass is 177 g/mol. The Hall–Kier alpha value is -0.995. The summed E-state index contributed by atoms with van der Waals surface area (Å²) in [6.07, 6.45) is 0. The van der Waals surface area contributed by atoms with Crippen LogP contribution in [0.25, 0.3) is 0 Å². The van der Waals surface area contributed by atoms with Crippen molar-refractivity contribution in [2.45, 2.75) is 6.92 Å². The van der Waals surface area contributed by atoms with Gasteiger partial charge in [-0.1, -0.05) is 12.1 Å². The highest BCUT2D eigenvalue weighted by molar-refractivity contribution is 6.74. The molecule has 0 aromatic heterocycles. The Bertz CT molecular complexity index is 292. The van der Waals surface area contributed by atoms with Gasteiger partial charge in [0.15, 0.2) is 0 Å². The Labute approximate surface area is 67.3 Å². The van der Waals surface area contributed by atoms with Crippen LogP contribution in [0.3, 0.4) is 0 Å². The highest BCUT2D eigenvalue weighted by Crippen LogP contribution is 2.13. The fraction of sp³-hybridized carbons (Fsp3) is 0.143. The SMILES string of the molecule is Cc1c(F)cccc1[B-](F)(F)F. The first-order chi connectivity index (χ1) is 5.43. The third-order valence-corrected chi connectivity index (χ3v) is 1.66. The zero-order chi connectivity index (χ0) is 9.35. The third kappa shape index (κ3) is 1.60. The highest BCUT2D eigenvalue weighted by atomic mass is 19.4. The van der Waals surface area contributed by atoms with E-state index in [1.54, 1.807) is 0 Å². The second-order valence-corrected chi connectivity index (χ2v) is 2.53. The summed E-state index contributed by atoms with van der Waals surface area (Å²) in [5.74, 6) is -0.813. The van der Waals surface area contributed by atoms with Crippen molar-refractivity contribution in [3.05, 3.63) is 29.6 Å². The van der Waals surface area contributed by atoms with Crippen LogP contribution in [0.1, 0.15) is 5.56 Å². The van der Waals surface area contributed by atoms with Crippen molar-refractivity contribution in [3.8, 4) is 0 Å². The van der Waals surface area contributed by atoms with Crippen LogP contribution in [-0.2, 0) is 0 Å². The van der Waals surface area contributed by atoms with Gasteiger partial charge in [0.1, 0.15) is 5.82 Å². The van der Waals surface area contributed by atoms with E-state index in [1.807, 2.05) is 0 Å². The van der Waals surface area contributed by atoms with E-state index in [0.717, 1.165) is 25.1 Å². The molecular weight excluding hydrogens is 171 g/mol. The van der Waals surface area contributed by atoms with Gasteiger partial charge in [-0.3, -0.25) is 0 Å². The minimum atomic E-state index is -5.09. The maximum absolute atomic E-state index is 12.6. The minimum absolute atomic E-state index is 0.329. The number of benzene rings is 1. The van der Waals surface area contributed by atoms with Crippen LogP contribution < -0.4 is 5.46 Å².